The van der Waals surface area contributed by atoms with E-state index in [9.17, 15) is 18.0 Å². The lowest BCUT2D eigenvalue weighted by Gasteiger charge is -2.08. The molecule has 0 bridgehead atoms. The third-order valence-corrected chi connectivity index (χ3v) is 3.98. The number of aryl methyl sites for hydroxylation is 1. The molecular formula is C17H17F3N6O. The number of pyridine rings is 1. The maximum atomic E-state index is 12.6. The molecule has 1 amide bonds. The third kappa shape index (κ3) is 4.33. The molecule has 27 heavy (non-hydrogen) atoms. The van der Waals surface area contributed by atoms with Crippen molar-refractivity contribution in [2.24, 2.45) is 0 Å². The second kappa shape index (κ2) is 7.60. The van der Waals surface area contributed by atoms with Crippen LogP contribution in [0.2, 0.25) is 0 Å². The van der Waals surface area contributed by atoms with Crippen LogP contribution in [0, 0.1) is 6.92 Å². The quantitative estimate of drug-likeness (QED) is 0.669. The summed E-state index contributed by atoms with van der Waals surface area (Å²) in [6, 6.07) is 2.15. The van der Waals surface area contributed by atoms with Crippen LogP contribution in [0.3, 0.4) is 0 Å². The summed E-state index contributed by atoms with van der Waals surface area (Å²) in [7, 11) is 0. The molecule has 0 unspecified atom stereocenters. The fourth-order valence-electron chi connectivity index (χ4n) is 2.52. The highest BCUT2D eigenvalue weighted by atomic mass is 19.4. The van der Waals surface area contributed by atoms with Crippen molar-refractivity contribution >= 4 is 5.91 Å². The SMILES string of the molecule is Cc1c(C(=O)NCCCn2ccnc2)cnn1-c1ccc(C(F)(F)F)cn1. The van der Waals surface area contributed by atoms with E-state index >= 15 is 0 Å². The number of nitrogens with zero attached hydrogens (tertiary/aromatic N) is 5. The van der Waals surface area contributed by atoms with Crippen LogP contribution in [0.15, 0.2) is 43.2 Å². The van der Waals surface area contributed by atoms with Crippen LogP contribution in [0.1, 0.15) is 28.0 Å². The number of carbonyl (C=O) groups is 1. The van der Waals surface area contributed by atoms with Gasteiger partial charge in [0.2, 0.25) is 0 Å². The Morgan fingerprint density at radius 3 is 2.70 bits per heavy atom. The maximum absolute atomic E-state index is 12.6. The van der Waals surface area contributed by atoms with Crippen molar-refractivity contribution in [1.82, 2.24) is 29.6 Å². The predicted octanol–water partition coefficient (Wildman–Crippen LogP) is 2.61. The molecule has 7 nitrogen and oxygen atoms in total. The van der Waals surface area contributed by atoms with Crippen LogP contribution in [0.5, 0.6) is 0 Å². The molecule has 0 aliphatic rings. The van der Waals surface area contributed by atoms with Gasteiger partial charge in [-0.1, -0.05) is 0 Å². The van der Waals surface area contributed by atoms with Crippen LogP contribution < -0.4 is 5.32 Å². The fourth-order valence-corrected chi connectivity index (χ4v) is 2.52. The summed E-state index contributed by atoms with van der Waals surface area (Å²) >= 11 is 0. The Balaban J connectivity index is 1.63. The highest BCUT2D eigenvalue weighted by Crippen LogP contribution is 2.28. The topological polar surface area (TPSA) is 77.6 Å². The lowest BCUT2D eigenvalue weighted by Crippen LogP contribution is -2.25. The molecule has 0 aromatic carbocycles. The van der Waals surface area contributed by atoms with Gasteiger partial charge in [-0.05, 0) is 25.5 Å². The van der Waals surface area contributed by atoms with Gasteiger partial charge in [0.05, 0.1) is 29.3 Å². The molecule has 10 heteroatoms. The Bertz CT molecular complexity index is 900. The Labute approximate surface area is 152 Å². The first-order valence-corrected chi connectivity index (χ1v) is 8.18. The summed E-state index contributed by atoms with van der Waals surface area (Å²) in [5.41, 5.74) is 0.000569. The first kappa shape index (κ1) is 18.6. The largest absolute Gasteiger partial charge is 0.417 e. The van der Waals surface area contributed by atoms with Gasteiger partial charge in [0.15, 0.2) is 5.82 Å². The van der Waals surface area contributed by atoms with E-state index in [1.165, 1.54) is 16.9 Å². The van der Waals surface area contributed by atoms with E-state index in [0.29, 0.717) is 17.8 Å². The molecular weight excluding hydrogens is 361 g/mol. The molecule has 0 radical (unpaired) electrons. The first-order valence-electron chi connectivity index (χ1n) is 8.18. The average molecular weight is 378 g/mol. The van der Waals surface area contributed by atoms with Crippen molar-refractivity contribution in [3.63, 3.8) is 0 Å². The van der Waals surface area contributed by atoms with E-state index in [1.807, 2.05) is 10.8 Å². The maximum Gasteiger partial charge on any atom is 0.417 e. The molecule has 3 rings (SSSR count). The van der Waals surface area contributed by atoms with Crippen molar-refractivity contribution < 1.29 is 18.0 Å². The summed E-state index contributed by atoms with van der Waals surface area (Å²) < 4.78 is 41.1. The van der Waals surface area contributed by atoms with Crippen LogP contribution in [0.25, 0.3) is 5.82 Å². The normalized spacial score (nSPS) is 11.6. The molecule has 0 saturated carbocycles. The van der Waals surface area contributed by atoms with Gasteiger partial charge in [0.1, 0.15) is 0 Å². The van der Waals surface area contributed by atoms with E-state index < -0.39 is 11.7 Å². The average Bonchev–Trinajstić information content (AvgIpc) is 3.27. The lowest BCUT2D eigenvalue weighted by molar-refractivity contribution is -0.137. The molecule has 0 spiro atoms. The van der Waals surface area contributed by atoms with Gasteiger partial charge in [-0.25, -0.2) is 14.6 Å². The number of rotatable bonds is 6. The van der Waals surface area contributed by atoms with E-state index in [0.717, 1.165) is 25.2 Å². The van der Waals surface area contributed by atoms with Gasteiger partial charge in [-0.2, -0.15) is 18.3 Å². The van der Waals surface area contributed by atoms with Gasteiger partial charge in [-0.3, -0.25) is 4.79 Å². The number of carbonyl (C=O) groups excluding carboxylic acids is 1. The minimum Gasteiger partial charge on any atom is -0.352 e. The van der Waals surface area contributed by atoms with E-state index in [4.69, 9.17) is 0 Å². The third-order valence-electron chi connectivity index (χ3n) is 3.98. The van der Waals surface area contributed by atoms with Gasteiger partial charge >= 0.3 is 6.18 Å². The van der Waals surface area contributed by atoms with Crippen LogP contribution in [-0.4, -0.2) is 36.8 Å². The summed E-state index contributed by atoms with van der Waals surface area (Å²) in [6.07, 6.45) is 3.63. The van der Waals surface area contributed by atoms with E-state index in [1.54, 1.807) is 19.4 Å². The highest BCUT2D eigenvalue weighted by Gasteiger charge is 2.30. The van der Waals surface area contributed by atoms with Crippen molar-refractivity contribution in [3.05, 3.63) is 60.1 Å². The summed E-state index contributed by atoms with van der Waals surface area (Å²) in [6.45, 7) is 2.86. The molecule has 3 aromatic rings. The van der Waals surface area contributed by atoms with Crippen LogP contribution in [-0.2, 0) is 12.7 Å². The van der Waals surface area contributed by atoms with Gasteiger partial charge in [-0.15, -0.1) is 0 Å². The van der Waals surface area contributed by atoms with Crippen molar-refractivity contribution in [1.29, 1.82) is 0 Å². The lowest BCUT2D eigenvalue weighted by atomic mass is 10.2. The molecule has 3 heterocycles. The number of hydrogen-bond acceptors (Lipinski definition) is 4. The summed E-state index contributed by atoms with van der Waals surface area (Å²) in [4.78, 5) is 20.0. The smallest absolute Gasteiger partial charge is 0.352 e. The molecule has 142 valence electrons. The zero-order valence-electron chi connectivity index (χ0n) is 14.4. The second-order valence-corrected chi connectivity index (χ2v) is 5.87. The summed E-state index contributed by atoms with van der Waals surface area (Å²) in [5, 5.41) is 6.87. The zero-order chi connectivity index (χ0) is 19.4. The number of aromatic nitrogens is 5. The minimum absolute atomic E-state index is 0.208. The van der Waals surface area contributed by atoms with E-state index in [-0.39, 0.29) is 11.7 Å². The van der Waals surface area contributed by atoms with Gasteiger partial charge in [0.25, 0.3) is 5.91 Å². The van der Waals surface area contributed by atoms with Crippen molar-refractivity contribution in [2.45, 2.75) is 26.1 Å². The minimum atomic E-state index is -4.45. The Morgan fingerprint density at radius 2 is 2.07 bits per heavy atom. The van der Waals surface area contributed by atoms with Gasteiger partial charge in [0, 0.05) is 31.7 Å². The van der Waals surface area contributed by atoms with Crippen molar-refractivity contribution in [2.75, 3.05) is 6.54 Å². The number of imidazole rings is 1. The monoisotopic (exact) mass is 378 g/mol. The molecule has 0 aliphatic heterocycles. The number of alkyl halides is 3. The number of halogens is 3. The second-order valence-electron chi connectivity index (χ2n) is 5.87. The van der Waals surface area contributed by atoms with E-state index in [2.05, 4.69) is 20.4 Å². The van der Waals surface area contributed by atoms with Crippen LogP contribution in [0.4, 0.5) is 13.2 Å². The molecule has 3 aromatic heterocycles. The molecule has 1 N–H and O–H groups in total. The van der Waals surface area contributed by atoms with Gasteiger partial charge < -0.3 is 9.88 Å². The Morgan fingerprint density at radius 1 is 1.26 bits per heavy atom. The fraction of sp³-hybridized carbons (Fsp3) is 0.294. The van der Waals surface area contributed by atoms with Crippen molar-refractivity contribution in [3.8, 4) is 5.82 Å². The Hall–Kier alpha value is -3.17. The molecule has 0 atom stereocenters. The molecule has 0 aliphatic carbocycles. The summed E-state index contributed by atoms with van der Waals surface area (Å²) in [5.74, 6) is -0.0871. The zero-order valence-corrected chi connectivity index (χ0v) is 14.4. The highest BCUT2D eigenvalue weighted by molar-refractivity contribution is 5.95. The number of hydrogen-bond donors (Lipinski definition) is 1. The predicted molar refractivity (Wildman–Crippen MR) is 90.3 cm³/mol. The number of nitrogens with one attached hydrogen (secondary N) is 1. The molecule has 0 saturated heterocycles. The van der Waals surface area contributed by atoms with Crippen LogP contribution >= 0.6 is 0 Å². The standard InChI is InChI=1S/C17H17F3N6O/c1-12-14(16(27)22-5-2-7-25-8-6-21-11-25)10-24-26(12)15-4-3-13(9-23-15)17(18,19)20/h3-4,6,8-11H,2,5,7H2,1H3,(H,22,27). The molecule has 0 fully saturated rings. The number of amides is 1. The first-order chi connectivity index (χ1) is 12.9. The Kier molecular flexibility index (Phi) is 5.24.